The molecule has 0 atom stereocenters. The maximum Gasteiger partial charge on any atom is 0.385 e. The molecule has 0 amide bonds. The topological polar surface area (TPSA) is 20.2 Å². The van der Waals surface area contributed by atoms with Crippen LogP contribution in [0.15, 0.2) is 49.0 Å². The van der Waals surface area contributed by atoms with Crippen molar-refractivity contribution in [1.82, 2.24) is 0 Å². The minimum absolute atomic E-state index is 0.0104. The summed E-state index contributed by atoms with van der Waals surface area (Å²) in [7, 11) is 0. The Balaban J connectivity index is 0. The van der Waals surface area contributed by atoms with E-state index in [0.717, 1.165) is 0 Å². The number of aliphatic hydroxyl groups excluding tert-OH is 1. The van der Waals surface area contributed by atoms with Gasteiger partial charge in [0, 0.05) is 0 Å². The zero-order valence-electron chi connectivity index (χ0n) is 24.8. The Morgan fingerprint density at radius 1 is 0.562 bits per heavy atom. The molecule has 0 aliphatic rings. The van der Waals surface area contributed by atoms with Crippen LogP contribution in [-0.2, 0) is 0 Å². The maximum absolute atomic E-state index is 14.4. The largest absolute Gasteiger partial charge is 0.513 e. The Kier molecular flexibility index (Phi) is 18.3. The van der Waals surface area contributed by atoms with E-state index in [9.17, 15) is 83.4 Å². The van der Waals surface area contributed by atoms with Gasteiger partial charge in [0.15, 0.2) is 5.83 Å². The van der Waals surface area contributed by atoms with Gasteiger partial charge in [-0.05, 0) is 56.9 Å². The third kappa shape index (κ3) is 11.2. The van der Waals surface area contributed by atoms with Gasteiger partial charge in [-0.25, -0.2) is 22.0 Å². The van der Waals surface area contributed by atoms with Crippen molar-refractivity contribution in [1.29, 1.82) is 0 Å². The third-order valence-electron chi connectivity index (χ3n) is 6.42. The summed E-state index contributed by atoms with van der Waals surface area (Å²) in [5.41, 5.74) is -0.932. The van der Waals surface area contributed by atoms with Gasteiger partial charge >= 0.3 is 54.3 Å². The first-order valence-electron chi connectivity index (χ1n) is 13.7. The van der Waals surface area contributed by atoms with Gasteiger partial charge in [-0.15, -0.1) is 13.2 Å². The van der Waals surface area contributed by atoms with E-state index in [-0.39, 0.29) is 12.8 Å². The number of allylic oxidation sites excluding steroid dienone is 5. The van der Waals surface area contributed by atoms with Crippen molar-refractivity contribution in [2.24, 2.45) is 0 Å². The Labute approximate surface area is 263 Å². The maximum atomic E-state index is 14.4. The highest BCUT2D eigenvalue weighted by molar-refractivity contribution is 5.22. The van der Waals surface area contributed by atoms with E-state index in [0.29, 0.717) is 38.5 Å². The van der Waals surface area contributed by atoms with Crippen LogP contribution < -0.4 is 0 Å². The first-order chi connectivity index (χ1) is 21.5. The van der Waals surface area contributed by atoms with E-state index in [4.69, 9.17) is 5.11 Å². The quantitative estimate of drug-likeness (QED) is 0.0506. The van der Waals surface area contributed by atoms with E-state index >= 15 is 0 Å². The van der Waals surface area contributed by atoms with Crippen LogP contribution in [0.25, 0.3) is 0 Å². The van der Waals surface area contributed by atoms with Crippen molar-refractivity contribution < 1.29 is 88.5 Å². The van der Waals surface area contributed by atoms with Crippen LogP contribution in [-0.4, -0.2) is 59.4 Å². The Bertz CT molecular complexity index is 1050. The van der Waals surface area contributed by atoms with Crippen molar-refractivity contribution in [2.75, 3.05) is 0 Å². The van der Waals surface area contributed by atoms with Crippen LogP contribution in [0.4, 0.5) is 83.4 Å². The van der Waals surface area contributed by atoms with Crippen LogP contribution >= 0.6 is 0 Å². The number of hydrogen-bond donors (Lipinski definition) is 1. The van der Waals surface area contributed by atoms with Gasteiger partial charge in [-0.3, -0.25) is 0 Å². The van der Waals surface area contributed by atoms with Gasteiger partial charge in [-0.2, -0.15) is 61.5 Å². The first-order valence-corrected chi connectivity index (χ1v) is 13.7. The monoisotopic (exact) mass is 746 g/mol. The molecule has 1 nitrogen and oxygen atoms in total. The molecule has 0 radical (unpaired) electrons. The molecule has 0 aliphatic carbocycles. The van der Waals surface area contributed by atoms with Crippen LogP contribution in [0.5, 0.6) is 0 Å². The molecule has 0 aromatic heterocycles. The lowest BCUT2D eigenvalue weighted by Gasteiger charge is -2.36. The molecule has 0 rings (SSSR count). The fraction of sp³-hybridized carbons (Fsp3) is 0.714. The number of aliphatic hydroxyl groups is 1. The number of rotatable bonds is 22. The van der Waals surface area contributed by atoms with Crippen molar-refractivity contribution in [3.63, 3.8) is 0 Å². The minimum atomic E-state index is -7.21. The Hall–Kier alpha value is -2.57. The second-order valence-electron chi connectivity index (χ2n) is 10.3. The smallest absolute Gasteiger partial charge is 0.385 e. The molecule has 0 saturated carbocycles. The molecule has 0 saturated heterocycles. The zero-order chi connectivity index (χ0) is 38.6. The van der Waals surface area contributed by atoms with Gasteiger partial charge in [0.05, 0.1) is 12.2 Å². The van der Waals surface area contributed by atoms with Gasteiger partial charge in [0.25, 0.3) is 0 Å². The van der Waals surface area contributed by atoms with Crippen LogP contribution in [0, 0.1) is 0 Å². The number of hydrogen-bond acceptors (Lipinski definition) is 1. The van der Waals surface area contributed by atoms with E-state index in [1.54, 1.807) is 6.08 Å². The summed E-state index contributed by atoms with van der Waals surface area (Å²) in [6, 6.07) is 0. The lowest BCUT2D eigenvalue weighted by Crippen LogP contribution is -2.64. The van der Waals surface area contributed by atoms with Gasteiger partial charge in [0.2, 0.25) is 0 Å². The average molecular weight is 747 g/mol. The van der Waals surface area contributed by atoms with Crippen molar-refractivity contribution in [3.05, 3.63) is 49.0 Å². The second-order valence-corrected chi connectivity index (χ2v) is 10.3. The van der Waals surface area contributed by atoms with Crippen molar-refractivity contribution in [3.8, 4) is 0 Å². The predicted octanol–water partition coefficient (Wildman–Crippen LogP) is 12.9. The summed E-state index contributed by atoms with van der Waals surface area (Å²) in [4.78, 5) is 0. The SMILES string of the molecule is C=C(O)CC(F)(F)C(F)(F)C(F)(F)C(F)F.C=CCCCCCCC(CCCCC=C)=C(F)C(F)(F)C(F)(F)C(F)(F)C(F)(F)C(F)F. The molecule has 48 heavy (non-hydrogen) atoms. The number of halogens is 19. The molecule has 0 bridgehead atoms. The summed E-state index contributed by atoms with van der Waals surface area (Å²) >= 11 is 0. The molecular formula is C28H33F19O. The highest BCUT2D eigenvalue weighted by atomic mass is 19.4. The van der Waals surface area contributed by atoms with Crippen LogP contribution in [0.1, 0.15) is 70.6 Å². The number of alkyl halides is 18. The lowest BCUT2D eigenvalue weighted by molar-refractivity contribution is -0.378. The molecule has 0 heterocycles. The highest BCUT2D eigenvalue weighted by Gasteiger charge is 2.84. The van der Waals surface area contributed by atoms with Crippen molar-refractivity contribution >= 4 is 0 Å². The molecule has 0 aromatic rings. The third-order valence-corrected chi connectivity index (χ3v) is 6.42. The fourth-order valence-corrected chi connectivity index (χ4v) is 3.60. The average Bonchev–Trinajstić information content (AvgIpc) is 2.94. The van der Waals surface area contributed by atoms with Gasteiger partial charge in [0.1, 0.15) is 0 Å². The molecule has 0 aliphatic heterocycles. The molecule has 20 heteroatoms. The summed E-state index contributed by atoms with van der Waals surface area (Å²) in [5, 5.41) is 8.22. The van der Waals surface area contributed by atoms with E-state index in [1.807, 2.05) is 0 Å². The normalized spacial score (nSPS) is 14.4. The summed E-state index contributed by atoms with van der Waals surface area (Å²) < 4.78 is 245. The summed E-state index contributed by atoms with van der Waals surface area (Å²) in [5.74, 6) is -50.1. The van der Waals surface area contributed by atoms with Gasteiger partial charge in [-0.1, -0.05) is 31.6 Å². The van der Waals surface area contributed by atoms with Crippen LogP contribution in [0.3, 0.4) is 0 Å². The molecule has 1 N–H and O–H groups in total. The molecule has 284 valence electrons. The first kappa shape index (κ1) is 47.5. The fourth-order valence-electron chi connectivity index (χ4n) is 3.60. The second kappa shape index (κ2) is 18.4. The lowest BCUT2D eigenvalue weighted by atomic mass is 9.92. The summed E-state index contributed by atoms with van der Waals surface area (Å²) in [6.07, 6.45) is -7.51. The van der Waals surface area contributed by atoms with Crippen molar-refractivity contribution in [2.45, 2.75) is 125 Å². The number of unbranched alkanes of at least 4 members (excludes halogenated alkanes) is 6. The van der Waals surface area contributed by atoms with E-state index < -0.39 is 90.7 Å². The summed E-state index contributed by atoms with van der Waals surface area (Å²) in [6.45, 7) is 9.29. The van der Waals surface area contributed by atoms with Crippen LogP contribution in [0.2, 0.25) is 0 Å². The standard InChI is InChI=1S/C21H27F11.C7H6F8O/c1-3-5-7-9-10-12-14-15(13-11-8-6-4-2)16(22)18(25,26)20(29,30)21(31,32)19(27,28)17(23)24;1-3(16)2-5(10,11)7(14,15)6(12,13)4(8)9/h3-4,17H,1-2,5-14H2;4,16H,1-2H2. The predicted molar refractivity (Wildman–Crippen MR) is 138 cm³/mol. The van der Waals surface area contributed by atoms with Gasteiger partial charge < -0.3 is 5.11 Å². The van der Waals surface area contributed by atoms with E-state index in [2.05, 4.69) is 19.7 Å². The molecule has 0 unspecified atom stereocenters. The molecule has 0 aromatic carbocycles. The zero-order valence-corrected chi connectivity index (χ0v) is 24.8. The molecular weight excluding hydrogens is 713 g/mol. The highest BCUT2D eigenvalue weighted by Crippen LogP contribution is 2.57. The molecule has 0 spiro atoms. The Morgan fingerprint density at radius 2 is 0.917 bits per heavy atom. The van der Waals surface area contributed by atoms with E-state index in [1.165, 1.54) is 6.08 Å². The minimum Gasteiger partial charge on any atom is -0.513 e. The Morgan fingerprint density at radius 3 is 1.29 bits per heavy atom. The molecule has 0 fully saturated rings.